The summed E-state index contributed by atoms with van der Waals surface area (Å²) in [5.41, 5.74) is 0.642. The van der Waals surface area contributed by atoms with Crippen LogP contribution in [-0.4, -0.2) is 42.6 Å². The van der Waals surface area contributed by atoms with Gasteiger partial charge >= 0.3 is 5.97 Å². The van der Waals surface area contributed by atoms with Gasteiger partial charge in [-0.05, 0) is 29.8 Å². The lowest BCUT2D eigenvalue weighted by Crippen LogP contribution is -2.36. The van der Waals surface area contributed by atoms with E-state index in [1.54, 1.807) is 18.2 Å². The van der Waals surface area contributed by atoms with Crippen LogP contribution in [0, 0.1) is 5.82 Å². The molecule has 1 amide bonds. The predicted molar refractivity (Wildman–Crippen MR) is 97.7 cm³/mol. The van der Waals surface area contributed by atoms with Crippen LogP contribution in [0.2, 0.25) is 5.02 Å². The fourth-order valence-electron chi connectivity index (χ4n) is 2.54. The molecule has 0 saturated heterocycles. The molecule has 6 nitrogen and oxygen atoms in total. The molecule has 8 heteroatoms. The van der Waals surface area contributed by atoms with Gasteiger partial charge in [0.2, 0.25) is 5.91 Å². The lowest BCUT2D eigenvalue weighted by Gasteiger charge is -2.22. The molecule has 0 aliphatic rings. The topological polar surface area (TPSA) is 76.1 Å². The molecule has 0 aliphatic carbocycles. The first-order chi connectivity index (χ1) is 12.8. The van der Waals surface area contributed by atoms with Gasteiger partial charge in [0.25, 0.3) is 0 Å². The van der Waals surface area contributed by atoms with Crippen molar-refractivity contribution in [2.75, 3.05) is 20.8 Å². The normalized spacial score (nSPS) is 10.4. The number of aliphatic carboxylic acids is 1. The zero-order chi connectivity index (χ0) is 20.0. The summed E-state index contributed by atoms with van der Waals surface area (Å²) in [6.45, 7) is -0.546. The molecule has 144 valence electrons. The standard InChI is InChI=1S/C19H19ClFNO5/c1-26-13-6-12(7-14(8-13)27-2)10-22(11-19(24)25)18(23)9-15-16(20)4-3-5-17(15)21/h3-8H,9-11H2,1-2H3,(H,24,25). The van der Waals surface area contributed by atoms with Gasteiger partial charge < -0.3 is 19.5 Å². The Balaban J connectivity index is 2.27. The van der Waals surface area contributed by atoms with Crippen molar-refractivity contribution in [1.82, 2.24) is 4.90 Å². The van der Waals surface area contributed by atoms with E-state index in [1.807, 2.05) is 0 Å². The number of carboxylic acids is 1. The molecule has 0 saturated carbocycles. The maximum Gasteiger partial charge on any atom is 0.323 e. The minimum absolute atomic E-state index is 0.00916. The third kappa shape index (κ3) is 5.59. The second-order valence-electron chi connectivity index (χ2n) is 5.74. The van der Waals surface area contributed by atoms with Crippen molar-refractivity contribution < 1.29 is 28.6 Å². The lowest BCUT2D eigenvalue weighted by atomic mass is 10.1. The first-order valence-electron chi connectivity index (χ1n) is 7.98. The molecule has 0 atom stereocenters. The van der Waals surface area contributed by atoms with Gasteiger partial charge in [0.15, 0.2) is 0 Å². The SMILES string of the molecule is COc1cc(CN(CC(=O)O)C(=O)Cc2c(F)cccc2Cl)cc(OC)c1. The summed E-state index contributed by atoms with van der Waals surface area (Å²) in [4.78, 5) is 24.9. The first-order valence-corrected chi connectivity index (χ1v) is 8.36. The van der Waals surface area contributed by atoms with Gasteiger partial charge in [0.1, 0.15) is 23.9 Å². The Hall–Kier alpha value is -2.80. The van der Waals surface area contributed by atoms with Crippen LogP contribution in [0.15, 0.2) is 36.4 Å². The molecule has 0 aromatic heterocycles. The van der Waals surface area contributed by atoms with Crippen LogP contribution in [0.4, 0.5) is 4.39 Å². The zero-order valence-electron chi connectivity index (χ0n) is 14.9. The summed E-state index contributed by atoms with van der Waals surface area (Å²) < 4.78 is 24.3. The highest BCUT2D eigenvalue weighted by molar-refractivity contribution is 6.31. The molecule has 0 unspecified atom stereocenters. The molecule has 0 aliphatic heterocycles. The summed E-state index contributed by atoms with van der Waals surface area (Å²) >= 11 is 5.96. The van der Waals surface area contributed by atoms with E-state index in [-0.39, 0.29) is 23.6 Å². The van der Waals surface area contributed by atoms with Crippen molar-refractivity contribution in [2.24, 2.45) is 0 Å². The van der Waals surface area contributed by atoms with Crippen molar-refractivity contribution >= 4 is 23.5 Å². The van der Waals surface area contributed by atoms with Gasteiger partial charge in [0.05, 0.1) is 20.6 Å². The van der Waals surface area contributed by atoms with Crippen LogP contribution in [0.1, 0.15) is 11.1 Å². The number of hydrogen-bond donors (Lipinski definition) is 1. The number of nitrogens with zero attached hydrogens (tertiary/aromatic N) is 1. The van der Waals surface area contributed by atoms with Crippen LogP contribution in [0.5, 0.6) is 11.5 Å². The maximum absolute atomic E-state index is 14.0. The zero-order valence-corrected chi connectivity index (χ0v) is 15.6. The monoisotopic (exact) mass is 395 g/mol. The number of halogens is 2. The number of carbonyl (C=O) groups excluding carboxylic acids is 1. The molecular formula is C19H19ClFNO5. The third-order valence-corrected chi connectivity index (χ3v) is 4.21. The fourth-order valence-corrected chi connectivity index (χ4v) is 2.77. The second-order valence-corrected chi connectivity index (χ2v) is 6.15. The summed E-state index contributed by atoms with van der Waals surface area (Å²) in [5, 5.41) is 9.26. The predicted octanol–water partition coefficient (Wildman–Crippen LogP) is 3.15. The Labute approximate surface area is 161 Å². The maximum atomic E-state index is 14.0. The summed E-state index contributed by atoms with van der Waals surface area (Å²) in [7, 11) is 2.97. The van der Waals surface area contributed by atoms with E-state index < -0.39 is 24.2 Å². The van der Waals surface area contributed by atoms with E-state index in [9.17, 15) is 14.0 Å². The molecule has 27 heavy (non-hydrogen) atoms. The number of benzene rings is 2. The second kappa shape index (κ2) is 9.23. The summed E-state index contributed by atoms with van der Waals surface area (Å²) in [6, 6.07) is 9.10. The van der Waals surface area contributed by atoms with E-state index in [0.717, 1.165) is 4.90 Å². The molecule has 0 radical (unpaired) electrons. The van der Waals surface area contributed by atoms with Gasteiger partial charge in [-0.25, -0.2) is 4.39 Å². The number of carboxylic acid groups (broad SMARTS) is 1. The van der Waals surface area contributed by atoms with Crippen molar-refractivity contribution in [2.45, 2.75) is 13.0 Å². The molecule has 0 bridgehead atoms. The molecule has 0 spiro atoms. The Morgan fingerprint density at radius 1 is 1.15 bits per heavy atom. The Morgan fingerprint density at radius 3 is 2.30 bits per heavy atom. The first kappa shape index (κ1) is 20.5. The highest BCUT2D eigenvalue weighted by Crippen LogP contribution is 2.24. The number of methoxy groups -OCH3 is 2. The lowest BCUT2D eigenvalue weighted by molar-refractivity contribution is -0.144. The summed E-state index contributed by atoms with van der Waals surface area (Å²) in [5.74, 6) is -1.35. The van der Waals surface area contributed by atoms with Crippen molar-refractivity contribution in [3.8, 4) is 11.5 Å². The van der Waals surface area contributed by atoms with Crippen LogP contribution < -0.4 is 9.47 Å². The average Bonchev–Trinajstić information content (AvgIpc) is 2.63. The van der Waals surface area contributed by atoms with Gasteiger partial charge in [-0.2, -0.15) is 0 Å². The Bertz CT molecular complexity index is 800. The number of rotatable bonds is 8. The van der Waals surface area contributed by atoms with Gasteiger partial charge in [0, 0.05) is 23.2 Å². The van der Waals surface area contributed by atoms with E-state index in [2.05, 4.69) is 0 Å². The Kier molecular flexibility index (Phi) is 7.01. The van der Waals surface area contributed by atoms with Gasteiger partial charge in [-0.15, -0.1) is 0 Å². The highest BCUT2D eigenvalue weighted by Gasteiger charge is 2.21. The van der Waals surface area contributed by atoms with Crippen molar-refractivity contribution in [3.63, 3.8) is 0 Å². The largest absolute Gasteiger partial charge is 0.497 e. The van der Waals surface area contributed by atoms with Crippen LogP contribution in [-0.2, 0) is 22.6 Å². The van der Waals surface area contributed by atoms with E-state index >= 15 is 0 Å². The van der Waals surface area contributed by atoms with Crippen molar-refractivity contribution in [3.05, 3.63) is 58.4 Å². The molecule has 2 aromatic carbocycles. The van der Waals surface area contributed by atoms with E-state index in [1.165, 1.54) is 32.4 Å². The van der Waals surface area contributed by atoms with Crippen LogP contribution in [0.25, 0.3) is 0 Å². The van der Waals surface area contributed by atoms with Gasteiger partial charge in [-0.1, -0.05) is 17.7 Å². The van der Waals surface area contributed by atoms with Crippen molar-refractivity contribution in [1.29, 1.82) is 0 Å². The van der Waals surface area contributed by atoms with Gasteiger partial charge in [-0.3, -0.25) is 9.59 Å². The number of carbonyl (C=O) groups is 2. The number of ether oxygens (including phenoxy) is 2. The van der Waals surface area contributed by atoms with Crippen LogP contribution in [0.3, 0.4) is 0 Å². The van der Waals surface area contributed by atoms with E-state index in [0.29, 0.717) is 17.1 Å². The molecule has 0 fully saturated rings. The van der Waals surface area contributed by atoms with E-state index in [4.69, 9.17) is 26.2 Å². The van der Waals surface area contributed by atoms with Crippen LogP contribution >= 0.6 is 11.6 Å². The quantitative estimate of drug-likeness (QED) is 0.743. The molecular weight excluding hydrogens is 377 g/mol. The fraction of sp³-hybridized carbons (Fsp3) is 0.263. The smallest absolute Gasteiger partial charge is 0.323 e. The number of amides is 1. The average molecular weight is 396 g/mol. The molecule has 1 N–H and O–H groups in total. The minimum Gasteiger partial charge on any atom is -0.497 e. The Morgan fingerprint density at radius 2 is 1.78 bits per heavy atom. The minimum atomic E-state index is -1.18. The highest BCUT2D eigenvalue weighted by atomic mass is 35.5. The molecule has 0 heterocycles. The third-order valence-electron chi connectivity index (χ3n) is 3.85. The number of hydrogen-bond acceptors (Lipinski definition) is 4. The molecule has 2 aromatic rings. The summed E-state index contributed by atoms with van der Waals surface area (Å²) in [6.07, 6.45) is -0.347. The molecule has 2 rings (SSSR count).